The van der Waals surface area contributed by atoms with Crippen LogP contribution < -0.4 is 24.3 Å². The van der Waals surface area contributed by atoms with Gasteiger partial charge in [0.1, 0.15) is 0 Å². The molecule has 3 aromatic rings. The molecule has 0 aromatic heterocycles. The van der Waals surface area contributed by atoms with Crippen LogP contribution in [0.3, 0.4) is 0 Å². The molecule has 2 amide bonds. The Morgan fingerprint density at radius 2 is 1.51 bits per heavy atom. The highest BCUT2D eigenvalue weighted by Gasteiger charge is 2.32. The van der Waals surface area contributed by atoms with E-state index in [0.29, 0.717) is 53.1 Å². The zero-order chi connectivity index (χ0) is 24.9. The molecule has 1 aliphatic heterocycles. The third-order valence-corrected chi connectivity index (χ3v) is 6.49. The number of rotatable bonds is 7. The lowest BCUT2D eigenvalue weighted by molar-refractivity contribution is 0.181. The molecular formula is C27H29ClN2O5. The lowest BCUT2D eigenvalue weighted by Gasteiger charge is -2.38. The molecule has 3 aromatic carbocycles. The van der Waals surface area contributed by atoms with Crippen LogP contribution >= 0.6 is 11.6 Å². The largest absolute Gasteiger partial charge is 0.493 e. The second-order valence-electron chi connectivity index (χ2n) is 8.20. The summed E-state index contributed by atoms with van der Waals surface area (Å²) < 4.78 is 22.0. The van der Waals surface area contributed by atoms with Crippen LogP contribution in [0, 0.1) is 0 Å². The molecule has 0 spiro atoms. The third kappa shape index (κ3) is 5.25. The lowest BCUT2D eigenvalue weighted by atomic mass is 9.88. The van der Waals surface area contributed by atoms with Crippen molar-refractivity contribution in [3.63, 3.8) is 0 Å². The summed E-state index contributed by atoms with van der Waals surface area (Å²) in [4.78, 5) is 15.3. The summed E-state index contributed by atoms with van der Waals surface area (Å²) in [5, 5.41) is 3.62. The maximum absolute atomic E-state index is 13.4. The minimum atomic E-state index is -0.232. The quantitative estimate of drug-likeness (QED) is 0.451. The number of carbonyl (C=O) groups excluding carboxylic acids is 1. The van der Waals surface area contributed by atoms with Crippen LogP contribution in [-0.4, -0.2) is 45.9 Å². The molecule has 4 rings (SSSR count). The summed E-state index contributed by atoms with van der Waals surface area (Å²) in [5.41, 5.74) is 3.85. The molecule has 1 aliphatic rings. The number of hydrogen-bond acceptors (Lipinski definition) is 5. The van der Waals surface area contributed by atoms with Gasteiger partial charge in [-0.05, 0) is 78.1 Å². The Hall–Kier alpha value is -3.58. The topological polar surface area (TPSA) is 69.3 Å². The first-order valence-corrected chi connectivity index (χ1v) is 11.6. The van der Waals surface area contributed by atoms with E-state index in [1.165, 1.54) is 0 Å². The average Bonchev–Trinajstić information content (AvgIpc) is 2.89. The molecule has 7 nitrogen and oxygen atoms in total. The van der Waals surface area contributed by atoms with E-state index in [0.717, 1.165) is 16.7 Å². The summed E-state index contributed by atoms with van der Waals surface area (Å²) in [5.74, 6) is 2.60. The van der Waals surface area contributed by atoms with Gasteiger partial charge in [-0.15, -0.1) is 0 Å². The van der Waals surface area contributed by atoms with Gasteiger partial charge in [0.2, 0.25) is 0 Å². The Morgan fingerprint density at radius 1 is 0.886 bits per heavy atom. The van der Waals surface area contributed by atoms with E-state index in [4.69, 9.17) is 30.5 Å². The molecule has 184 valence electrons. The van der Waals surface area contributed by atoms with E-state index in [1.807, 2.05) is 35.2 Å². The van der Waals surface area contributed by atoms with Gasteiger partial charge in [0.15, 0.2) is 23.0 Å². The normalized spacial score (nSPS) is 14.7. The lowest BCUT2D eigenvalue weighted by Crippen LogP contribution is -2.43. The zero-order valence-corrected chi connectivity index (χ0v) is 21.0. The number of fused-ring (bicyclic) bond motifs is 1. The van der Waals surface area contributed by atoms with Gasteiger partial charge in [0, 0.05) is 17.3 Å². The van der Waals surface area contributed by atoms with Crippen LogP contribution in [0.2, 0.25) is 5.02 Å². The number of halogens is 1. The van der Waals surface area contributed by atoms with Gasteiger partial charge >= 0.3 is 6.03 Å². The molecular weight excluding hydrogens is 468 g/mol. The summed E-state index contributed by atoms with van der Waals surface area (Å²) >= 11 is 6.00. The van der Waals surface area contributed by atoms with E-state index < -0.39 is 0 Å². The number of urea groups is 1. The van der Waals surface area contributed by atoms with Gasteiger partial charge in [-0.2, -0.15) is 0 Å². The summed E-state index contributed by atoms with van der Waals surface area (Å²) in [6.45, 7) is 0.555. The number of nitrogens with zero attached hydrogens (tertiary/aromatic N) is 1. The SMILES string of the molecule is COc1ccc(CC2c3cc(OC)c(OC)cc3CCN2C(=O)Nc2ccc(Cl)cc2)cc1OC. The van der Waals surface area contributed by atoms with Crippen molar-refractivity contribution in [2.24, 2.45) is 0 Å². The number of amides is 2. The van der Waals surface area contributed by atoms with Gasteiger partial charge < -0.3 is 29.2 Å². The first-order chi connectivity index (χ1) is 17.0. The van der Waals surface area contributed by atoms with Crippen molar-refractivity contribution in [2.75, 3.05) is 40.3 Å². The van der Waals surface area contributed by atoms with Crippen LogP contribution in [0.1, 0.15) is 22.7 Å². The Kier molecular flexibility index (Phi) is 7.56. The number of hydrogen-bond donors (Lipinski definition) is 1. The van der Waals surface area contributed by atoms with E-state index in [9.17, 15) is 4.79 Å². The van der Waals surface area contributed by atoms with Crippen LogP contribution in [0.5, 0.6) is 23.0 Å². The van der Waals surface area contributed by atoms with Crippen LogP contribution in [0.25, 0.3) is 0 Å². The zero-order valence-electron chi connectivity index (χ0n) is 20.3. The van der Waals surface area contributed by atoms with Crippen molar-refractivity contribution < 1.29 is 23.7 Å². The van der Waals surface area contributed by atoms with Crippen LogP contribution in [0.15, 0.2) is 54.6 Å². The van der Waals surface area contributed by atoms with Crippen molar-refractivity contribution in [2.45, 2.75) is 18.9 Å². The molecule has 0 radical (unpaired) electrons. The highest BCUT2D eigenvalue weighted by atomic mass is 35.5. The van der Waals surface area contributed by atoms with Gasteiger partial charge in [0.25, 0.3) is 0 Å². The minimum absolute atomic E-state index is 0.182. The minimum Gasteiger partial charge on any atom is -0.493 e. The Labute approximate surface area is 210 Å². The Bertz CT molecular complexity index is 1200. The molecule has 0 aliphatic carbocycles. The van der Waals surface area contributed by atoms with Crippen LogP contribution in [0.4, 0.5) is 10.5 Å². The van der Waals surface area contributed by atoms with Crippen molar-refractivity contribution in [3.05, 3.63) is 76.3 Å². The molecule has 0 saturated carbocycles. The number of anilines is 1. The summed E-state index contributed by atoms with van der Waals surface area (Å²) in [6.07, 6.45) is 1.28. The molecule has 0 fully saturated rings. The number of benzene rings is 3. The van der Waals surface area contributed by atoms with Crippen molar-refractivity contribution in [1.82, 2.24) is 4.90 Å². The maximum atomic E-state index is 13.4. The highest BCUT2D eigenvalue weighted by Crippen LogP contribution is 2.40. The summed E-state index contributed by atoms with van der Waals surface area (Å²) in [6, 6.07) is 16.5. The molecule has 35 heavy (non-hydrogen) atoms. The monoisotopic (exact) mass is 496 g/mol. The average molecular weight is 497 g/mol. The van der Waals surface area contributed by atoms with E-state index in [1.54, 1.807) is 52.7 Å². The second-order valence-corrected chi connectivity index (χ2v) is 8.63. The number of ether oxygens (including phenoxy) is 4. The number of nitrogens with one attached hydrogen (secondary N) is 1. The first kappa shape index (κ1) is 24.5. The molecule has 0 bridgehead atoms. The first-order valence-electron chi connectivity index (χ1n) is 11.3. The standard InChI is InChI=1S/C27H29ClN2O5/c1-32-23-10-5-17(14-24(23)33-2)13-22-21-16-26(35-4)25(34-3)15-18(21)11-12-30(22)27(31)29-20-8-6-19(28)7-9-20/h5-10,14-16,22H,11-13H2,1-4H3,(H,29,31). The van der Waals surface area contributed by atoms with E-state index >= 15 is 0 Å². The van der Waals surface area contributed by atoms with Gasteiger partial charge in [0.05, 0.1) is 34.5 Å². The predicted molar refractivity (Wildman–Crippen MR) is 136 cm³/mol. The molecule has 8 heteroatoms. The van der Waals surface area contributed by atoms with E-state index in [-0.39, 0.29) is 12.1 Å². The maximum Gasteiger partial charge on any atom is 0.322 e. The van der Waals surface area contributed by atoms with Gasteiger partial charge in [-0.3, -0.25) is 0 Å². The van der Waals surface area contributed by atoms with Crippen molar-refractivity contribution in [1.29, 1.82) is 0 Å². The predicted octanol–water partition coefficient (Wildman–Crippen LogP) is 5.75. The Morgan fingerprint density at radius 3 is 2.17 bits per heavy atom. The molecule has 0 saturated heterocycles. The molecule has 1 heterocycles. The number of carbonyl (C=O) groups is 1. The Balaban J connectivity index is 1.71. The third-order valence-electron chi connectivity index (χ3n) is 6.24. The van der Waals surface area contributed by atoms with E-state index in [2.05, 4.69) is 5.32 Å². The highest BCUT2D eigenvalue weighted by molar-refractivity contribution is 6.30. The van der Waals surface area contributed by atoms with Crippen LogP contribution in [-0.2, 0) is 12.8 Å². The van der Waals surface area contributed by atoms with Crippen molar-refractivity contribution in [3.8, 4) is 23.0 Å². The second kappa shape index (κ2) is 10.8. The fourth-order valence-electron chi connectivity index (χ4n) is 4.45. The summed E-state index contributed by atoms with van der Waals surface area (Å²) in [7, 11) is 6.46. The molecule has 1 unspecified atom stereocenters. The molecule has 1 N–H and O–H groups in total. The number of methoxy groups -OCH3 is 4. The van der Waals surface area contributed by atoms with Gasteiger partial charge in [-0.25, -0.2) is 4.79 Å². The fraction of sp³-hybridized carbons (Fsp3) is 0.296. The fourth-order valence-corrected chi connectivity index (χ4v) is 4.58. The molecule has 1 atom stereocenters. The smallest absolute Gasteiger partial charge is 0.322 e. The van der Waals surface area contributed by atoms with Gasteiger partial charge in [-0.1, -0.05) is 17.7 Å². The van der Waals surface area contributed by atoms with Crippen molar-refractivity contribution >= 4 is 23.3 Å².